The highest BCUT2D eigenvalue weighted by molar-refractivity contribution is 5.85. The zero-order chi connectivity index (χ0) is 15.2. The van der Waals surface area contributed by atoms with Crippen molar-refractivity contribution in [1.29, 1.82) is 0 Å². The van der Waals surface area contributed by atoms with Crippen LogP contribution in [0.1, 0.15) is 0 Å². The molecule has 0 radical (unpaired) electrons. The number of rotatable bonds is 1. The van der Waals surface area contributed by atoms with E-state index in [1.807, 2.05) is 42.5 Å². The van der Waals surface area contributed by atoms with Crippen LogP contribution in [0.2, 0.25) is 0 Å². The topological polar surface area (TPSA) is 77.6 Å². The summed E-state index contributed by atoms with van der Waals surface area (Å²) in [7, 11) is 0. The largest absolute Gasteiger partial charge is 0.449 e. The van der Waals surface area contributed by atoms with Crippen LogP contribution < -0.4 is 0 Å². The molecule has 2 aromatic heterocycles. The van der Waals surface area contributed by atoms with E-state index in [-0.39, 0.29) is 0 Å². The van der Waals surface area contributed by atoms with Gasteiger partial charge in [-0.15, -0.1) is 10.2 Å². The van der Waals surface area contributed by atoms with Gasteiger partial charge in [0.05, 0.1) is 17.4 Å². The second-order valence-electron chi connectivity index (χ2n) is 5.17. The molecule has 6 heteroatoms. The van der Waals surface area contributed by atoms with Crippen LogP contribution in [0.25, 0.3) is 44.8 Å². The number of hydrogen-bond donors (Lipinski definition) is 0. The predicted octanol–water partition coefficient (Wildman–Crippen LogP) is 3.33. The molecule has 3 aromatic rings. The molecule has 0 aliphatic carbocycles. The first-order chi connectivity index (χ1) is 11.4. The van der Waals surface area contributed by atoms with Crippen molar-refractivity contribution in [3.05, 3.63) is 55.0 Å². The second kappa shape index (κ2) is 4.54. The lowest BCUT2D eigenvalue weighted by Crippen LogP contribution is -1.88. The van der Waals surface area contributed by atoms with Gasteiger partial charge >= 0.3 is 0 Å². The zero-order valence-electron chi connectivity index (χ0n) is 11.8. The molecule has 0 N–H and O–H groups in total. The van der Waals surface area contributed by atoms with Gasteiger partial charge < -0.3 is 4.42 Å². The average Bonchev–Trinajstić information content (AvgIpc) is 3.02. The van der Waals surface area contributed by atoms with E-state index >= 15 is 0 Å². The fourth-order valence-electron chi connectivity index (χ4n) is 2.63. The Morgan fingerprint density at radius 3 is 2.83 bits per heavy atom. The first kappa shape index (κ1) is 12.2. The van der Waals surface area contributed by atoms with Gasteiger partial charge in [-0.05, 0) is 18.2 Å². The summed E-state index contributed by atoms with van der Waals surface area (Å²) < 4.78 is 5.89. The molecule has 108 valence electrons. The summed E-state index contributed by atoms with van der Waals surface area (Å²) in [5.41, 5.74) is 4.20. The van der Waals surface area contributed by atoms with E-state index in [0.717, 1.165) is 16.6 Å². The van der Waals surface area contributed by atoms with Crippen LogP contribution in [0.5, 0.6) is 0 Å². The quantitative estimate of drug-likeness (QED) is 0.472. The number of hydrogen-bond acceptors (Lipinski definition) is 6. The maximum atomic E-state index is 5.89. The van der Waals surface area contributed by atoms with Crippen molar-refractivity contribution in [3.8, 4) is 22.8 Å². The van der Waals surface area contributed by atoms with Gasteiger partial charge in [0.1, 0.15) is 17.5 Å². The molecule has 0 spiro atoms. The number of fused-ring (bicyclic) bond motifs is 3. The lowest BCUT2D eigenvalue weighted by molar-refractivity contribution is 0.617. The maximum absolute atomic E-state index is 5.89. The second-order valence-corrected chi connectivity index (χ2v) is 5.17. The van der Waals surface area contributed by atoms with Crippen molar-refractivity contribution in [3.63, 3.8) is 0 Å². The molecule has 23 heavy (non-hydrogen) atoms. The Hall–Kier alpha value is -3.41. The van der Waals surface area contributed by atoms with Gasteiger partial charge in [0, 0.05) is 5.39 Å². The molecule has 0 fully saturated rings. The Labute approximate surface area is 130 Å². The third-order valence-corrected chi connectivity index (χ3v) is 3.74. The maximum Gasteiger partial charge on any atom is 0.184 e. The summed E-state index contributed by atoms with van der Waals surface area (Å²) in [6, 6.07) is 13.7. The third kappa shape index (κ3) is 1.85. The average molecular weight is 299 g/mol. The van der Waals surface area contributed by atoms with Crippen molar-refractivity contribution in [1.82, 2.24) is 25.1 Å². The molecule has 6 nitrogen and oxygen atoms in total. The Balaban J connectivity index is 1.76. The molecular formula is C17H9N5O. The van der Waals surface area contributed by atoms with E-state index in [1.54, 1.807) is 6.20 Å². The fraction of sp³-hybridized carbons (Fsp3) is 0. The Kier molecular flexibility index (Phi) is 2.40. The van der Waals surface area contributed by atoms with Crippen molar-refractivity contribution >= 4 is 22.0 Å². The molecule has 1 aromatic carbocycles. The Bertz CT molecular complexity index is 1130. The van der Waals surface area contributed by atoms with Crippen molar-refractivity contribution < 1.29 is 4.42 Å². The Morgan fingerprint density at radius 1 is 0.870 bits per heavy atom. The number of nitrogens with zero attached hydrogens (tertiary/aromatic N) is 5. The molecule has 0 amide bonds. The van der Waals surface area contributed by atoms with Gasteiger partial charge in [0.15, 0.2) is 17.0 Å². The normalized spacial score (nSPS) is 11.5. The third-order valence-electron chi connectivity index (χ3n) is 3.74. The molecule has 4 heterocycles. The first-order valence-corrected chi connectivity index (χ1v) is 7.10. The molecule has 2 aliphatic rings. The van der Waals surface area contributed by atoms with Crippen LogP contribution in [-0.2, 0) is 0 Å². The van der Waals surface area contributed by atoms with Gasteiger partial charge in [-0.2, -0.15) is 0 Å². The SMILES string of the molecule is c1ccc2nc(-c3nnc4cc5ncncc5oc3-4)ccc2c1. The standard InChI is InChI=1S/C17H9N5O/c1-2-4-11-10(3-1)5-6-12(20-11)16-17-14(21-22-16)7-13-15(23-17)8-18-9-19-13/h1-9H. The van der Waals surface area contributed by atoms with E-state index in [1.165, 1.54) is 6.33 Å². The number of pyridine rings is 1. The highest BCUT2D eigenvalue weighted by Gasteiger charge is 2.20. The van der Waals surface area contributed by atoms with Crippen LogP contribution in [0.4, 0.5) is 0 Å². The van der Waals surface area contributed by atoms with Gasteiger partial charge in [0.25, 0.3) is 0 Å². The van der Waals surface area contributed by atoms with Crippen LogP contribution in [0.3, 0.4) is 0 Å². The van der Waals surface area contributed by atoms with Crippen molar-refractivity contribution in [2.45, 2.75) is 0 Å². The molecule has 5 rings (SSSR count). The predicted molar refractivity (Wildman–Crippen MR) is 84.8 cm³/mol. The van der Waals surface area contributed by atoms with Crippen molar-refractivity contribution in [2.24, 2.45) is 0 Å². The molecule has 0 unspecified atom stereocenters. The molecule has 0 bridgehead atoms. The highest BCUT2D eigenvalue weighted by atomic mass is 16.3. The van der Waals surface area contributed by atoms with Crippen LogP contribution >= 0.6 is 0 Å². The van der Waals surface area contributed by atoms with E-state index in [0.29, 0.717) is 28.2 Å². The lowest BCUT2D eigenvalue weighted by Gasteiger charge is -2.03. The smallest absolute Gasteiger partial charge is 0.184 e. The molecule has 0 atom stereocenters. The van der Waals surface area contributed by atoms with Crippen LogP contribution in [0.15, 0.2) is 59.4 Å². The summed E-state index contributed by atoms with van der Waals surface area (Å²) in [5, 5.41) is 9.50. The van der Waals surface area contributed by atoms with Crippen LogP contribution in [-0.4, -0.2) is 25.1 Å². The van der Waals surface area contributed by atoms with E-state index in [9.17, 15) is 0 Å². The number of benzene rings is 1. The molecule has 0 saturated carbocycles. The van der Waals surface area contributed by atoms with Gasteiger partial charge in [-0.25, -0.2) is 15.0 Å². The van der Waals surface area contributed by atoms with Gasteiger partial charge in [-0.1, -0.05) is 24.3 Å². The van der Waals surface area contributed by atoms with Crippen LogP contribution in [0, 0.1) is 0 Å². The number of aromatic nitrogens is 5. The molecular weight excluding hydrogens is 290 g/mol. The monoisotopic (exact) mass is 299 g/mol. The number of para-hydroxylation sites is 1. The summed E-state index contributed by atoms with van der Waals surface area (Å²) in [6.07, 6.45) is 3.11. The zero-order valence-corrected chi connectivity index (χ0v) is 11.8. The van der Waals surface area contributed by atoms with E-state index < -0.39 is 0 Å². The summed E-state index contributed by atoms with van der Waals surface area (Å²) >= 11 is 0. The summed E-state index contributed by atoms with van der Waals surface area (Å²) in [4.78, 5) is 12.8. The fourth-order valence-corrected chi connectivity index (χ4v) is 2.63. The molecule has 0 saturated heterocycles. The first-order valence-electron chi connectivity index (χ1n) is 7.10. The molecule has 2 aliphatic heterocycles. The minimum atomic E-state index is 0.593. The van der Waals surface area contributed by atoms with E-state index in [2.05, 4.69) is 25.1 Å². The summed E-state index contributed by atoms with van der Waals surface area (Å²) in [6.45, 7) is 0. The Morgan fingerprint density at radius 2 is 1.83 bits per heavy atom. The van der Waals surface area contributed by atoms with Gasteiger partial charge in [-0.3, -0.25) is 0 Å². The summed E-state index contributed by atoms with van der Waals surface area (Å²) in [5.74, 6) is 0.593. The lowest BCUT2D eigenvalue weighted by atomic mass is 10.1. The minimum absolute atomic E-state index is 0.593. The van der Waals surface area contributed by atoms with Gasteiger partial charge in [0.2, 0.25) is 0 Å². The van der Waals surface area contributed by atoms with Crippen molar-refractivity contribution in [2.75, 3.05) is 0 Å². The van der Waals surface area contributed by atoms with E-state index in [4.69, 9.17) is 4.42 Å². The minimum Gasteiger partial charge on any atom is -0.449 e. The highest BCUT2D eigenvalue weighted by Crippen LogP contribution is 2.33.